The van der Waals surface area contributed by atoms with E-state index in [0.717, 1.165) is 23.5 Å². The van der Waals surface area contributed by atoms with Gasteiger partial charge in [0, 0.05) is 12.2 Å². The Bertz CT molecular complexity index is 309. The molecule has 0 saturated carbocycles. The highest BCUT2D eigenvalue weighted by molar-refractivity contribution is 7.98. The smallest absolute Gasteiger partial charge is 0.137 e. The fourth-order valence-corrected chi connectivity index (χ4v) is 1.93. The number of pyridine rings is 1. The number of ether oxygens (including phenoxy) is 1. The number of nitrogens with one attached hydrogen (secondary N) is 1. The summed E-state index contributed by atoms with van der Waals surface area (Å²) in [6, 6.07) is 2.13. The third kappa shape index (κ3) is 4.00. The van der Waals surface area contributed by atoms with Crippen molar-refractivity contribution in [1.82, 2.24) is 10.4 Å². The summed E-state index contributed by atoms with van der Waals surface area (Å²) in [6.45, 7) is 2.61. The summed E-state index contributed by atoms with van der Waals surface area (Å²) >= 11 is 1.81. The number of nitrogens with two attached hydrogens (primary N) is 1. The lowest BCUT2D eigenvalue weighted by Gasteiger charge is -2.16. The van der Waals surface area contributed by atoms with Crippen LogP contribution in [-0.4, -0.2) is 23.6 Å². The Kier molecular flexibility index (Phi) is 6.22. The highest BCUT2D eigenvalue weighted by Crippen LogP contribution is 2.20. The highest BCUT2D eigenvalue weighted by Gasteiger charge is 2.10. The molecule has 0 bridgehead atoms. The molecular formula is C11H19N3OS. The first-order chi connectivity index (χ1) is 7.81. The summed E-state index contributed by atoms with van der Waals surface area (Å²) in [5, 5.41) is 0. The van der Waals surface area contributed by atoms with Crippen LogP contribution in [0.25, 0.3) is 0 Å². The maximum Gasteiger partial charge on any atom is 0.137 e. The Morgan fingerprint density at radius 1 is 1.56 bits per heavy atom. The van der Waals surface area contributed by atoms with Crippen LogP contribution in [0.3, 0.4) is 0 Å². The number of aromatic nitrogens is 1. The molecule has 1 atom stereocenters. The number of nitrogens with zero attached hydrogens (tertiary/aromatic N) is 1. The molecule has 1 unspecified atom stereocenters. The van der Waals surface area contributed by atoms with E-state index in [1.807, 2.05) is 30.9 Å². The lowest BCUT2D eigenvalue weighted by Crippen LogP contribution is -2.28. The molecule has 90 valence electrons. The van der Waals surface area contributed by atoms with Crippen molar-refractivity contribution in [3.8, 4) is 5.75 Å². The third-order valence-electron chi connectivity index (χ3n) is 2.26. The average molecular weight is 241 g/mol. The Hall–Kier alpha value is -0.780. The lowest BCUT2D eigenvalue weighted by atomic mass is 10.1. The molecule has 0 aliphatic heterocycles. The molecule has 3 N–H and O–H groups in total. The van der Waals surface area contributed by atoms with Gasteiger partial charge in [0.2, 0.25) is 0 Å². The van der Waals surface area contributed by atoms with Gasteiger partial charge in [-0.05, 0) is 37.0 Å². The Morgan fingerprint density at radius 2 is 2.38 bits per heavy atom. The zero-order valence-corrected chi connectivity index (χ0v) is 10.6. The Balaban J connectivity index is 2.71. The second-order valence-electron chi connectivity index (χ2n) is 3.39. The maximum atomic E-state index is 5.54. The number of rotatable bonds is 7. The first kappa shape index (κ1) is 13.3. The minimum atomic E-state index is 0.139. The van der Waals surface area contributed by atoms with Crippen LogP contribution in [0.5, 0.6) is 5.75 Å². The topological polar surface area (TPSA) is 60.2 Å². The summed E-state index contributed by atoms with van der Waals surface area (Å²) < 4.78 is 5.41. The van der Waals surface area contributed by atoms with Gasteiger partial charge in [-0.3, -0.25) is 16.3 Å². The zero-order valence-electron chi connectivity index (χ0n) is 9.77. The van der Waals surface area contributed by atoms with E-state index >= 15 is 0 Å². The number of hydrogen-bond acceptors (Lipinski definition) is 5. The van der Waals surface area contributed by atoms with Crippen LogP contribution in [-0.2, 0) is 0 Å². The summed E-state index contributed by atoms with van der Waals surface area (Å²) in [6.07, 6.45) is 6.61. The van der Waals surface area contributed by atoms with Crippen LogP contribution in [0.2, 0.25) is 0 Å². The van der Waals surface area contributed by atoms with Gasteiger partial charge in [-0.1, -0.05) is 0 Å². The molecular weight excluding hydrogens is 222 g/mol. The Morgan fingerprint density at radius 3 is 3.00 bits per heavy atom. The molecule has 0 aromatic carbocycles. The van der Waals surface area contributed by atoms with Crippen LogP contribution < -0.4 is 16.0 Å². The van der Waals surface area contributed by atoms with Crippen molar-refractivity contribution in [1.29, 1.82) is 0 Å². The van der Waals surface area contributed by atoms with E-state index in [1.54, 1.807) is 6.20 Å². The van der Waals surface area contributed by atoms with Gasteiger partial charge < -0.3 is 4.74 Å². The van der Waals surface area contributed by atoms with Crippen LogP contribution >= 0.6 is 11.8 Å². The second kappa shape index (κ2) is 7.49. The van der Waals surface area contributed by atoms with Crippen molar-refractivity contribution >= 4 is 11.8 Å². The zero-order chi connectivity index (χ0) is 11.8. The molecule has 5 heteroatoms. The summed E-state index contributed by atoms with van der Waals surface area (Å²) in [4.78, 5) is 4.15. The number of hydrazine groups is 1. The van der Waals surface area contributed by atoms with E-state index in [9.17, 15) is 0 Å². The van der Waals surface area contributed by atoms with Gasteiger partial charge in [0.1, 0.15) is 5.75 Å². The van der Waals surface area contributed by atoms with E-state index in [4.69, 9.17) is 10.6 Å². The van der Waals surface area contributed by atoms with Crippen molar-refractivity contribution in [2.75, 3.05) is 18.6 Å². The predicted molar refractivity (Wildman–Crippen MR) is 68.5 cm³/mol. The summed E-state index contributed by atoms with van der Waals surface area (Å²) in [5.74, 6) is 7.40. The maximum absolute atomic E-state index is 5.54. The van der Waals surface area contributed by atoms with E-state index in [-0.39, 0.29) is 6.04 Å². The fraction of sp³-hybridized carbons (Fsp3) is 0.545. The van der Waals surface area contributed by atoms with Gasteiger partial charge in [0.25, 0.3) is 0 Å². The fourth-order valence-electron chi connectivity index (χ4n) is 1.45. The van der Waals surface area contributed by atoms with Gasteiger partial charge in [-0.25, -0.2) is 0 Å². The van der Waals surface area contributed by atoms with Crippen LogP contribution in [0.15, 0.2) is 18.5 Å². The molecule has 1 heterocycles. The van der Waals surface area contributed by atoms with E-state index in [0.29, 0.717) is 6.61 Å². The van der Waals surface area contributed by atoms with E-state index in [2.05, 4.69) is 16.7 Å². The SMILES string of the molecule is CCOc1cncc(C(CCSC)NN)c1. The largest absolute Gasteiger partial charge is 0.492 e. The quantitative estimate of drug-likeness (QED) is 0.562. The van der Waals surface area contributed by atoms with Crippen LogP contribution in [0.4, 0.5) is 0 Å². The first-order valence-electron chi connectivity index (χ1n) is 5.34. The molecule has 1 aromatic rings. The first-order valence-corrected chi connectivity index (χ1v) is 6.74. The Labute approximate surface area is 101 Å². The molecule has 0 radical (unpaired) electrons. The molecule has 0 aliphatic carbocycles. The molecule has 1 rings (SSSR count). The van der Waals surface area contributed by atoms with Gasteiger partial charge >= 0.3 is 0 Å². The molecule has 4 nitrogen and oxygen atoms in total. The molecule has 16 heavy (non-hydrogen) atoms. The monoisotopic (exact) mass is 241 g/mol. The van der Waals surface area contributed by atoms with Crippen molar-refractivity contribution in [3.05, 3.63) is 24.0 Å². The second-order valence-corrected chi connectivity index (χ2v) is 4.37. The minimum Gasteiger partial charge on any atom is -0.492 e. The van der Waals surface area contributed by atoms with Crippen LogP contribution in [0, 0.1) is 0 Å². The van der Waals surface area contributed by atoms with Gasteiger partial charge in [0.15, 0.2) is 0 Å². The van der Waals surface area contributed by atoms with E-state index in [1.165, 1.54) is 0 Å². The number of thioether (sulfide) groups is 1. The number of hydrogen-bond donors (Lipinski definition) is 2. The average Bonchev–Trinajstić information content (AvgIpc) is 2.31. The van der Waals surface area contributed by atoms with Crippen molar-refractivity contribution < 1.29 is 4.74 Å². The predicted octanol–water partition coefficient (Wildman–Crippen LogP) is 1.74. The molecule has 0 saturated heterocycles. The molecule has 0 amide bonds. The van der Waals surface area contributed by atoms with Crippen LogP contribution in [0.1, 0.15) is 24.9 Å². The van der Waals surface area contributed by atoms with E-state index < -0.39 is 0 Å². The molecule has 0 spiro atoms. The van der Waals surface area contributed by atoms with Gasteiger partial charge in [-0.2, -0.15) is 11.8 Å². The highest BCUT2D eigenvalue weighted by atomic mass is 32.2. The lowest BCUT2D eigenvalue weighted by molar-refractivity contribution is 0.337. The standard InChI is InChI=1S/C11H19N3OS/c1-3-15-10-6-9(7-13-8-10)11(14-12)4-5-16-2/h6-8,11,14H,3-5,12H2,1-2H3. The van der Waals surface area contributed by atoms with Gasteiger partial charge in [-0.15, -0.1) is 0 Å². The molecule has 1 aromatic heterocycles. The summed E-state index contributed by atoms with van der Waals surface area (Å²) in [7, 11) is 0. The minimum absolute atomic E-state index is 0.139. The third-order valence-corrected chi connectivity index (χ3v) is 2.90. The summed E-state index contributed by atoms with van der Waals surface area (Å²) in [5.41, 5.74) is 3.89. The van der Waals surface area contributed by atoms with Crippen molar-refractivity contribution in [3.63, 3.8) is 0 Å². The van der Waals surface area contributed by atoms with Crippen molar-refractivity contribution in [2.24, 2.45) is 5.84 Å². The normalized spacial score (nSPS) is 12.4. The molecule has 0 aliphatic rings. The van der Waals surface area contributed by atoms with Crippen molar-refractivity contribution in [2.45, 2.75) is 19.4 Å². The van der Waals surface area contributed by atoms with Gasteiger partial charge in [0.05, 0.1) is 12.8 Å². The molecule has 0 fully saturated rings.